The van der Waals surface area contributed by atoms with Crippen LogP contribution in [-0.2, 0) is 14.8 Å². The number of hydrogen-bond acceptors (Lipinski definition) is 4. The van der Waals surface area contributed by atoms with Gasteiger partial charge in [-0.2, -0.15) is 0 Å². The second-order valence-electron chi connectivity index (χ2n) is 6.92. The quantitative estimate of drug-likeness (QED) is 0.803. The number of amides is 1. The van der Waals surface area contributed by atoms with E-state index >= 15 is 0 Å². The van der Waals surface area contributed by atoms with Crippen molar-refractivity contribution in [3.8, 4) is 0 Å². The molecule has 2 aliphatic heterocycles. The van der Waals surface area contributed by atoms with Crippen LogP contribution in [0, 0.1) is 17.8 Å². The summed E-state index contributed by atoms with van der Waals surface area (Å²) in [4.78, 5) is 14.6. The van der Waals surface area contributed by atoms with Crippen LogP contribution in [0.4, 0.5) is 0 Å². The fourth-order valence-electron chi connectivity index (χ4n) is 3.68. The summed E-state index contributed by atoms with van der Waals surface area (Å²) in [5.74, 6) is 0.769. The van der Waals surface area contributed by atoms with Crippen LogP contribution >= 0.6 is 0 Å². The summed E-state index contributed by atoms with van der Waals surface area (Å²) >= 11 is 0. The predicted octanol–water partition coefficient (Wildman–Crippen LogP) is 0.915. The Morgan fingerprint density at radius 3 is 2.43 bits per heavy atom. The Morgan fingerprint density at radius 2 is 1.87 bits per heavy atom. The van der Waals surface area contributed by atoms with Crippen LogP contribution < -0.4 is 0 Å². The standard InChI is InChI=1S/C16H30N2O4S/c1-3-23(21,22)18-8-4-5-15(11-18)16(20)17-9-6-14(7-10-17)13(2)12-19/h13-15,19H,3-12H2,1-2H3. The van der Waals surface area contributed by atoms with Crippen molar-refractivity contribution in [1.82, 2.24) is 9.21 Å². The zero-order chi connectivity index (χ0) is 17.0. The van der Waals surface area contributed by atoms with E-state index in [1.165, 1.54) is 4.31 Å². The first-order valence-electron chi connectivity index (χ1n) is 8.76. The van der Waals surface area contributed by atoms with Crippen molar-refractivity contribution in [3.05, 3.63) is 0 Å². The van der Waals surface area contributed by atoms with E-state index in [0.29, 0.717) is 19.0 Å². The minimum atomic E-state index is -3.21. The van der Waals surface area contributed by atoms with Crippen LogP contribution in [0.5, 0.6) is 0 Å². The highest BCUT2D eigenvalue weighted by atomic mass is 32.2. The van der Waals surface area contributed by atoms with Crippen molar-refractivity contribution in [2.75, 3.05) is 38.5 Å². The molecule has 2 unspecified atom stereocenters. The van der Waals surface area contributed by atoms with Gasteiger partial charge in [-0.05, 0) is 44.4 Å². The lowest BCUT2D eigenvalue weighted by molar-refractivity contribution is -0.138. The van der Waals surface area contributed by atoms with Gasteiger partial charge in [-0.25, -0.2) is 12.7 Å². The van der Waals surface area contributed by atoms with Crippen molar-refractivity contribution in [2.24, 2.45) is 17.8 Å². The largest absolute Gasteiger partial charge is 0.396 e. The Morgan fingerprint density at radius 1 is 1.22 bits per heavy atom. The highest BCUT2D eigenvalue weighted by Gasteiger charge is 2.35. The Balaban J connectivity index is 1.91. The van der Waals surface area contributed by atoms with Gasteiger partial charge in [-0.3, -0.25) is 4.79 Å². The number of sulfonamides is 1. The van der Waals surface area contributed by atoms with Gasteiger partial charge in [0.1, 0.15) is 0 Å². The van der Waals surface area contributed by atoms with Crippen LogP contribution in [0.1, 0.15) is 39.5 Å². The van der Waals surface area contributed by atoms with Crippen molar-refractivity contribution >= 4 is 15.9 Å². The third kappa shape index (κ3) is 4.45. The number of rotatable bonds is 5. The molecule has 2 saturated heterocycles. The van der Waals surface area contributed by atoms with E-state index in [1.54, 1.807) is 6.92 Å². The molecule has 6 nitrogen and oxygen atoms in total. The second kappa shape index (κ2) is 7.94. The molecule has 2 rings (SSSR count). The highest BCUT2D eigenvalue weighted by molar-refractivity contribution is 7.89. The van der Waals surface area contributed by atoms with E-state index in [9.17, 15) is 18.3 Å². The molecule has 0 aromatic heterocycles. The van der Waals surface area contributed by atoms with Crippen LogP contribution in [-0.4, -0.2) is 67.2 Å². The van der Waals surface area contributed by atoms with E-state index < -0.39 is 10.0 Å². The molecule has 2 atom stereocenters. The minimum absolute atomic E-state index is 0.0956. The van der Waals surface area contributed by atoms with Gasteiger partial charge in [0.05, 0.1) is 11.7 Å². The zero-order valence-corrected chi connectivity index (χ0v) is 15.1. The number of carbonyl (C=O) groups is 1. The van der Waals surface area contributed by atoms with E-state index in [1.807, 2.05) is 4.90 Å². The summed E-state index contributed by atoms with van der Waals surface area (Å²) in [5.41, 5.74) is 0. The molecule has 23 heavy (non-hydrogen) atoms. The van der Waals surface area contributed by atoms with Crippen molar-refractivity contribution in [2.45, 2.75) is 39.5 Å². The summed E-state index contributed by atoms with van der Waals surface area (Å²) in [5, 5.41) is 9.25. The average Bonchev–Trinajstić information content (AvgIpc) is 2.60. The summed E-state index contributed by atoms with van der Waals surface area (Å²) in [6.45, 7) is 6.23. The molecule has 0 aromatic rings. The zero-order valence-electron chi connectivity index (χ0n) is 14.3. The highest BCUT2D eigenvalue weighted by Crippen LogP contribution is 2.27. The Labute approximate surface area is 139 Å². The molecule has 0 spiro atoms. The first-order chi connectivity index (χ1) is 10.9. The third-order valence-corrected chi connectivity index (χ3v) is 7.28. The molecule has 1 amide bonds. The van der Waals surface area contributed by atoms with E-state index in [0.717, 1.165) is 38.8 Å². The lowest BCUT2D eigenvalue weighted by atomic mass is 9.85. The van der Waals surface area contributed by atoms with Gasteiger partial charge in [-0.1, -0.05) is 6.92 Å². The molecule has 2 fully saturated rings. The van der Waals surface area contributed by atoms with Crippen LogP contribution in [0.3, 0.4) is 0 Å². The fraction of sp³-hybridized carbons (Fsp3) is 0.938. The average molecular weight is 346 g/mol. The minimum Gasteiger partial charge on any atom is -0.396 e. The Hall–Kier alpha value is -0.660. The van der Waals surface area contributed by atoms with E-state index in [2.05, 4.69) is 6.92 Å². The van der Waals surface area contributed by atoms with Gasteiger partial charge in [0.15, 0.2) is 0 Å². The fourth-order valence-corrected chi connectivity index (χ4v) is 4.85. The van der Waals surface area contributed by atoms with Crippen molar-refractivity contribution in [3.63, 3.8) is 0 Å². The number of aliphatic hydroxyl groups excluding tert-OH is 1. The molecule has 0 radical (unpaired) electrons. The number of aliphatic hydroxyl groups is 1. The van der Waals surface area contributed by atoms with Crippen LogP contribution in [0.15, 0.2) is 0 Å². The molecule has 0 bridgehead atoms. The molecular weight excluding hydrogens is 316 g/mol. The normalized spacial score (nSPS) is 26.2. The molecular formula is C16H30N2O4S. The lowest BCUT2D eigenvalue weighted by Crippen LogP contribution is -2.49. The lowest BCUT2D eigenvalue weighted by Gasteiger charge is -2.38. The molecule has 0 aliphatic carbocycles. The molecule has 0 aromatic carbocycles. The van der Waals surface area contributed by atoms with Gasteiger partial charge in [-0.15, -0.1) is 0 Å². The summed E-state index contributed by atoms with van der Waals surface area (Å²) in [6.07, 6.45) is 3.39. The molecule has 7 heteroatoms. The maximum atomic E-state index is 12.7. The first-order valence-corrected chi connectivity index (χ1v) is 10.4. The molecule has 134 valence electrons. The second-order valence-corrected chi connectivity index (χ2v) is 9.18. The predicted molar refractivity (Wildman–Crippen MR) is 89.3 cm³/mol. The number of carbonyl (C=O) groups excluding carboxylic acids is 1. The van der Waals surface area contributed by atoms with Gasteiger partial charge < -0.3 is 10.0 Å². The maximum absolute atomic E-state index is 12.7. The maximum Gasteiger partial charge on any atom is 0.227 e. The summed E-state index contributed by atoms with van der Waals surface area (Å²) < 4.78 is 25.5. The van der Waals surface area contributed by atoms with Gasteiger partial charge in [0.25, 0.3) is 0 Å². The summed E-state index contributed by atoms with van der Waals surface area (Å²) in [7, 11) is -3.21. The number of hydrogen-bond donors (Lipinski definition) is 1. The van der Waals surface area contributed by atoms with E-state index in [-0.39, 0.29) is 30.1 Å². The van der Waals surface area contributed by atoms with Crippen molar-refractivity contribution in [1.29, 1.82) is 0 Å². The van der Waals surface area contributed by atoms with Gasteiger partial charge in [0, 0.05) is 32.8 Å². The Bertz CT molecular complexity index is 500. The molecule has 0 saturated carbocycles. The first kappa shape index (κ1) is 18.7. The molecule has 2 heterocycles. The number of nitrogens with zero attached hydrogens (tertiary/aromatic N) is 2. The monoisotopic (exact) mass is 346 g/mol. The van der Waals surface area contributed by atoms with E-state index in [4.69, 9.17) is 0 Å². The smallest absolute Gasteiger partial charge is 0.227 e. The molecule has 1 N–H and O–H groups in total. The van der Waals surface area contributed by atoms with Gasteiger partial charge in [0.2, 0.25) is 15.9 Å². The van der Waals surface area contributed by atoms with Crippen molar-refractivity contribution < 1.29 is 18.3 Å². The van der Waals surface area contributed by atoms with Crippen LogP contribution in [0.25, 0.3) is 0 Å². The molecule has 2 aliphatic rings. The topological polar surface area (TPSA) is 77.9 Å². The summed E-state index contributed by atoms with van der Waals surface area (Å²) in [6, 6.07) is 0. The van der Waals surface area contributed by atoms with Crippen LogP contribution in [0.2, 0.25) is 0 Å². The number of likely N-dealkylation sites (tertiary alicyclic amines) is 1. The van der Waals surface area contributed by atoms with Gasteiger partial charge >= 0.3 is 0 Å². The Kier molecular flexibility index (Phi) is 6.45. The number of piperidine rings is 2. The SMILES string of the molecule is CCS(=O)(=O)N1CCCC(C(=O)N2CCC(C(C)CO)CC2)C1. The third-order valence-electron chi connectivity index (χ3n) is 5.44.